The maximum Gasteiger partial charge on any atom is 0.417 e. The number of ether oxygens (including phenoxy) is 1. The van der Waals surface area contributed by atoms with Gasteiger partial charge in [-0.2, -0.15) is 13.2 Å². The van der Waals surface area contributed by atoms with Gasteiger partial charge in [-0.15, -0.1) is 10.2 Å². The molecular formula is C20H15ClF3N3O2S. The first-order chi connectivity index (χ1) is 14.3. The van der Waals surface area contributed by atoms with Crippen LogP contribution < -0.4 is 4.74 Å². The molecule has 0 spiro atoms. The Labute approximate surface area is 178 Å². The zero-order valence-electron chi connectivity index (χ0n) is 15.3. The van der Waals surface area contributed by atoms with Crippen LogP contribution in [0.1, 0.15) is 5.56 Å². The van der Waals surface area contributed by atoms with E-state index < -0.39 is 17.8 Å². The normalized spacial score (nSPS) is 13.1. The van der Waals surface area contributed by atoms with Crippen molar-refractivity contribution in [3.63, 3.8) is 0 Å². The molecule has 0 saturated carbocycles. The number of alkyl halides is 3. The minimum Gasteiger partial charge on any atom is -0.490 e. The Morgan fingerprint density at radius 2 is 1.90 bits per heavy atom. The molecule has 0 saturated heterocycles. The predicted molar refractivity (Wildman–Crippen MR) is 109 cm³/mol. The van der Waals surface area contributed by atoms with Gasteiger partial charge >= 0.3 is 6.18 Å². The lowest BCUT2D eigenvalue weighted by Crippen LogP contribution is -2.20. The zero-order chi connectivity index (χ0) is 21.3. The largest absolute Gasteiger partial charge is 0.490 e. The highest BCUT2D eigenvalue weighted by molar-refractivity contribution is 7.99. The molecule has 0 aliphatic heterocycles. The molecule has 1 N–H and O–H groups in total. The molecule has 4 rings (SSSR count). The molecular weight excluding hydrogens is 439 g/mol. The molecule has 10 heteroatoms. The van der Waals surface area contributed by atoms with E-state index >= 15 is 0 Å². The molecule has 1 unspecified atom stereocenters. The number of hydrogen-bond acceptors (Lipinski definition) is 5. The maximum absolute atomic E-state index is 13.0. The Kier molecular flexibility index (Phi) is 5.77. The standard InChI is InChI=1S/C20H15ClF3N3O2S/c21-16-8-13(20(22,23)24)9-27-18(16)25-26-19(27)30-11-14(28)10-29-17-7-3-5-12-4-1-2-6-15(12)17/h1-9,14,28H,10-11H2. The molecule has 0 aliphatic carbocycles. The highest BCUT2D eigenvalue weighted by Gasteiger charge is 2.32. The van der Waals surface area contributed by atoms with Crippen molar-refractivity contribution in [3.8, 4) is 5.75 Å². The van der Waals surface area contributed by atoms with Crippen molar-refractivity contribution in [3.05, 3.63) is 65.3 Å². The van der Waals surface area contributed by atoms with Gasteiger partial charge in [0, 0.05) is 17.3 Å². The van der Waals surface area contributed by atoms with Crippen LogP contribution in [0.3, 0.4) is 0 Å². The maximum atomic E-state index is 13.0. The number of aliphatic hydroxyl groups is 1. The van der Waals surface area contributed by atoms with E-state index in [9.17, 15) is 18.3 Å². The number of halogens is 4. The lowest BCUT2D eigenvalue weighted by atomic mass is 10.1. The van der Waals surface area contributed by atoms with Crippen LogP contribution >= 0.6 is 23.4 Å². The molecule has 1 atom stereocenters. The first kappa shape index (κ1) is 20.8. The van der Waals surface area contributed by atoms with E-state index in [4.69, 9.17) is 16.3 Å². The van der Waals surface area contributed by atoms with Crippen LogP contribution in [-0.2, 0) is 6.18 Å². The predicted octanol–water partition coefficient (Wildman–Crippen LogP) is 5.09. The van der Waals surface area contributed by atoms with E-state index in [-0.39, 0.29) is 28.2 Å². The number of nitrogens with zero attached hydrogens (tertiary/aromatic N) is 3. The number of benzene rings is 2. The van der Waals surface area contributed by atoms with E-state index in [1.165, 1.54) is 4.40 Å². The van der Waals surface area contributed by atoms with Gasteiger partial charge in [0.15, 0.2) is 10.8 Å². The molecule has 0 fully saturated rings. The summed E-state index contributed by atoms with van der Waals surface area (Å²) in [6, 6.07) is 14.2. The average Bonchev–Trinajstić information content (AvgIpc) is 3.13. The molecule has 0 radical (unpaired) electrons. The van der Waals surface area contributed by atoms with Crippen molar-refractivity contribution in [1.82, 2.24) is 14.6 Å². The zero-order valence-corrected chi connectivity index (χ0v) is 16.9. The third-order valence-electron chi connectivity index (χ3n) is 4.34. The van der Waals surface area contributed by atoms with Gasteiger partial charge in [0.05, 0.1) is 16.7 Å². The third-order valence-corrected chi connectivity index (χ3v) is 5.71. The van der Waals surface area contributed by atoms with Crippen LogP contribution in [0.4, 0.5) is 13.2 Å². The first-order valence-corrected chi connectivity index (χ1v) is 10.2. The van der Waals surface area contributed by atoms with Gasteiger partial charge in [0.2, 0.25) is 0 Å². The summed E-state index contributed by atoms with van der Waals surface area (Å²) in [6.07, 6.45) is -4.53. The number of hydrogen-bond donors (Lipinski definition) is 1. The fourth-order valence-electron chi connectivity index (χ4n) is 2.91. The second kappa shape index (κ2) is 8.33. The number of rotatable bonds is 6. The number of fused-ring (bicyclic) bond motifs is 2. The van der Waals surface area contributed by atoms with Crippen molar-refractivity contribution >= 4 is 39.8 Å². The second-order valence-electron chi connectivity index (χ2n) is 6.50. The van der Waals surface area contributed by atoms with Gasteiger partial charge in [-0.3, -0.25) is 4.40 Å². The lowest BCUT2D eigenvalue weighted by Gasteiger charge is -2.13. The molecule has 5 nitrogen and oxygen atoms in total. The van der Waals surface area contributed by atoms with Crippen molar-refractivity contribution in [1.29, 1.82) is 0 Å². The summed E-state index contributed by atoms with van der Waals surface area (Å²) in [5.41, 5.74) is -0.782. The molecule has 4 aromatic rings. The number of thioether (sulfide) groups is 1. The summed E-state index contributed by atoms with van der Waals surface area (Å²) in [7, 11) is 0. The topological polar surface area (TPSA) is 59.7 Å². The smallest absolute Gasteiger partial charge is 0.417 e. The van der Waals surface area contributed by atoms with Gasteiger partial charge in [0.1, 0.15) is 12.4 Å². The van der Waals surface area contributed by atoms with Gasteiger partial charge in [-0.25, -0.2) is 0 Å². The minimum absolute atomic E-state index is 0.0201. The van der Waals surface area contributed by atoms with Crippen molar-refractivity contribution in [2.75, 3.05) is 12.4 Å². The summed E-state index contributed by atoms with van der Waals surface area (Å²) in [5, 5.41) is 20.0. The van der Waals surface area contributed by atoms with Gasteiger partial charge < -0.3 is 9.84 Å². The highest BCUT2D eigenvalue weighted by atomic mass is 35.5. The third kappa shape index (κ3) is 4.33. The molecule has 0 bridgehead atoms. The molecule has 0 aliphatic rings. The summed E-state index contributed by atoms with van der Waals surface area (Å²) in [6.45, 7) is 0.0201. The van der Waals surface area contributed by atoms with Crippen LogP contribution in [0.5, 0.6) is 5.75 Å². The van der Waals surface area contributed by atoms with Crippen molar-refractivity contribution in [2.24, 2.45) is 0 Å². The average molecular weight is 454 g/mol. The SMILES string of the molecule is OC(COc1cccc2ccccc12)CSc1nnc2c(Cl)cc(C(F)(F)F)cn12. The van der Waals surface area contributed by atoms with E-state index in [1.54, 1.807) is 0 Å². The van der Waals surface area contributed by atoms with Crippen molar-refractivity contribution in [2.45, 2.75) is 17.4 Å². The fourth-order valence-corrected chi connectivity index (χ4v) is 3.97. The summed E-state index contributed by atoms with van der Waals surface area (Å²) < 4.78 is 46.1. The Morgan fingerprint density at radius 3 is 2.70 bits per heavy atom. The Morgan fingerprint density at radius 1 is 1.13 bits per heavy atom. The molecule has 0 amide bonds. The van der Waals surface area contributed by atoms with Crippen LogP contribution in [0.2, 0.25) is 5.02 Å². The summed E-state index contributed by atoms with van der Waals surface area (Å²) >= 11 is 6.97. The van der Waals surface area contributed by atoms with Crippen LogP contribution in [0.15, 0.2) is 59.9 Å². The number of pyridine rings is 1. The Hall–Kier alpha value is -2.49. The Balaban J connectivity index is 1.44. The summed E-state index contributed by atoms with van der Waals surface area (Å²) in [5.74, 6) is 0.797. The van der Waals surface area contributed by atoms with Crippen LogP contribution in [0, 0.1) is 0 Å². The van der Waals surface area contributed by atoms with E-state index in [0.29, 0.717) is 5.75 Å². The molecule has 156 valence electrons. The van der Waals surface area contributed by atoms with Gasteiger partial charge in [-0.1, -0.05) is 59.8 Å². The Bertz CT molecular complexity index is 1190. The number of aromatic nitrogens is 3. The van der Waals surface area contributed by atoms with E-state index in [2.05, 4.69) is 10.2 Å². The number of aliphatic hydroxyl groups excluding tert-OH is 1. The van der Waals surface area contributed by atoms with Gasteiger partial charge in [-0.05, 0) is 17.5 Å². The second-order valence-corrected chi connectivity index (χ2v) is 7.90. The van der Waals surface area contributed by atoms with Crippen molar-refractivity contribution < 1.29 is 23.0 Å². The van der Waals surface area contributed by atoms with Crippen LogP contribution in [0.25, 0.3) is 16.4 Å². The van der Waals surface area contributed by atoms with E-state index in [1.807, 2.05) is 42.5 Å². The highest BCUT2D eigenvalue weighted by Crippen LogP contribution is 2.33. The molecule has 2 heterocycles. The fraction of sp³-hybridized carbons (Fsp3) is 0.200. The first-order valence-electron chi connectivity index (χ1n) is 8.86. The molecule has 30 heavy (non-hydrogen) atoms. The summed E-state index contributed by atoms with van der Waals surface area (Å²) in [4.78, 5) is 0. The molecule has 2 aromatic carbocycles. The quantitative estimate of drug-likeness (QED) is 0.412. The molecule has 2 aromatic heterocycles. The van der Waals surface area contributed by atoms with E-state index in [0.717, 1.165) is 34.8 Å². The van der Waals surface area contributed by atoms with Crippen LogP contribution in [-0.4, -0.2) is 38.2 Å². The van der Waals surface area contributed by atoms with Gasteiger partial charge in [0.25, 0.3) is 0 Å². The monoisotopic (exact) mass is 453 g/mol. The lowest BCUT2D eigenvalue weighted by molar-refractivity contribution is -0.137. The minimum atomic E-state index is -4.55.